The van der Waals surface area contributed by atoms with Gasteiger partial charge >= 0.3 is 0 Å². The highest BCUT2D eigenvalue weighted by Crippen LogP contribution is 2.17. The van der Waals surface area contributed by atoms with Crippen molar-refractivity contribution in [3.8, 4) is 0 Å². The summed E-state index contributed by atoms with van der Waals surface area (Å²) >= 11 is 3.31. The summed E-state index contributed by atoms with van der Waals surface area (Å²) in [7, 11) is -2.99. The molecule has 12 heavy (non-hydrogen) atoms. The highest BCUT2D eigenvalue weighted by atomic mass is 79.9. The van der Waals surface area contributed by atoms with Crippen LogP contribution in [0.15, 0.2) is 10.6 Å². The van der Waals surface area contributed by atoms with Crippen LogP contribution in [0.4, 0.5) is 0 Å². The molecule has 0 aromatic carbocycles. The molecule has 1 aliphatic rings. The molecule has 1 rings (SSSR count). The summed E-state index contributed by atoms with van der Waals surface area (Å²) in [6, 6.07) is 0. The molecule has 0 unspecified atom stereocenters. The Balaban J connectivity index is 2.74. The summed E-state index contributed by atoms with van der Waals surface area (Å²) in [6.45, 7) is 2.78. The molecule has 0 fully saturated rings. The predicted molar refractivity (Wildman–Crippen MR) is 52.7 cm³/mol. The summed E-state index contributed by atoms with van der Waals surface area (Å²) in [5.41, 5.74) is 0. The number of nitrogens with zero attached hydrogens (tertiary/aromatic N) is 1. The van der Waals surface area contributed by atoms with Gasteiger partial charge in [-0.3, -0.25) is 0 Å². The van der Waals surface area contributed by atoms with Gasteiger partial charge in [0.05, 0.1) is 5.75 Å². The fourth-order valence-electron chi connectivity index (χ4n) is 1.10. The van der Waals surface area contributed by atoms with Crippen molar-refractivity contribution in [2.75, 3.05) is 18.8 Å². The molecule has 0 atom stereocenters. The fourth-order valence-corrected chi connectivity index (χ4v) is 2.88. The van der Waals surface area contributed by atoms with Gasteiger partial charge in [-0.05, 0) is 13.3 Å². The number of halogens is 1. The molecular formula is C7H12BrNO2S. The first-order valence-corrected chi connectivity index (χ1v) is 6.29. The van der Waals surface area contributed by atoms with Gasteiger partial charge in [0.25, 0.3) is 0 Å². The van der Waals surface area contributed by atoms with Crippen molar-refractivity contribution in [3.05, 3.63) is 10.6 Å². The molecular weight excluding hydrogens is 242 g/mol. The summed E-state index contributed by atoms with van der Waals surface area (Å²) in [5.74, 6) is 0.188. The topological polar surface area (TPSA) is 37.4 Å². The quantitative estimate of drug-likeness (QED) is 0.745. The second-order valence-electron chi connectivity index (χ2n) is 2.67. The minimum absolute atomic E-state index is 0.188. The Morgan fingerprint density at radius 2 is 2.33 bits per heavy atom. The zero-order valence-electron chi connectivity index (χ0n) is 6.96. The van der Waals surface area contributed by atoms with Gasteiger partial charge in [0.15, 0.2) is 0 Å². The predicted octanol–water partition coefficient (Wildman–Crippen LogP) is 1.32. The molecule has 1 heterocycles. The molecule has 3 nitrogen and oxygen atoms in total. The van der Waals surface area contributed by atoms with E-state index < -0.39 is 10.0 Å². The third kappa shape index (κ3) is 2.31. The van der Waals surface area contributed by atoms with Crippen molar-refractivity contribution in [2.24, 2.45) is 0 Å². The number of rotatable bonds is 2. The molecule has 0 aliphatic carbocycles. The van der Waals surface area contributed by atoms with E-state index in [-0.39, 0.29) is 5.75 Å². The van der Waals surface area contributed by atoms with Crippen molar-refractivity contribution >= 4 is 26.0 Å². The smallest absolute Gasteiger partial charge is 0.212 e. The Hall–Kier alpha value is 0.130. The highest BCUT2D eigenvalue weighted by Gasteiger charge is 2.21. The summed E-state index contributed by atoms with van der Waals surface area (Å²) in [5, 5.41) is 0. The molecule has 70 valence electrons. The van der Waals surface area contributed by atoms with Crippen molar-refractivity contribution in [2.45, 2.75) is 13.3 Å². The monoisotopic (exact) mass is 253 g/mol. The Morgan fingerprint density at radius 3 is 2.83 bits per heavy atom. The maximum absolute atomic E-state index is 11.4. The van der Waals surface area contributed by atoms with E-state index in [0.29, 0.717) is 13.1 Å². The van der Waals surface area contributed by atoms with E-state index >= 15 is 0 Å². The minimum Gasteiger partial charge on any atom is -0.212 e. The Morgan fingerprint density at radius 1 is 1.67 bits per heavy atom. The Labute approximate surface area is 81.6 Å². The van der Waals surface area contributed by atoms with Gasteiger partial charge in [-0.15, -0.1) is 0 Å². The van der Waals surface area contributed by atoms with Crippen LogP contribution in [0.5, 0.6) is 0 Å². The van der Waals surface area contributed by atoms with E-state index in [1.165, 1.54) is 4.31 Å². The number of hydrogen-bond donors (Lipinski definition) is 0. The third-order valence-electron chi connectivity index (χ3n) is 1.83. The standard InChI is InChI=1S/C7H12BrNO2S/c1-2-12(10,11)9-5-3-4-7(8)6-9/h4H,2-3,5-6H2,1H3. The van der Waals surface area contributed by atoms with Crippen molar-refractivity contribution in [1.29, 1.82) is 0 Å². The molecule has 0 saturated heterocycles. The van der Waals surface area contributed by atoms with E-state index in [9.17, 15) is 8.42 Å². The lowest BCUT2D eigenvalue weighted by Crippen LogP contribution is -2.35. The second-order valence-corrected chi connectivity index (χ2v) is 5.95. The van der Waals surface area contributed by atoms with Gasteiger partial charge in [0.1, 0.15) is 0 Å². The molecule has 0 radical (unpaired) electrons. The minimum atomic E-state index is -2.99. The summed E-state index contributed by atoms with van der Waals surface area (Å²) in [4.78, 5) is 0. The molecule has 1 aliphatic heterocycles. The lowest BCUT2D eigenvalue weighted by Gasteiger charge is -2.23. The summed E-state index contributed by atoms with van der Waals surface area (Å²) < 4.78 is 25.2. The highest BCUT2D eigenvalue weighted by molar-refractivity contribution is 9.11. The van der Waals surface area contributed by atoms with Gasteiger partial charge in [0.2, 0.25) is 10.0 Å². The molecule has 0 aromatic heterocycles. The van der Waals surface area contributed by atoms with Crippen LogP contribution in [-0.2, 0) is 10.0 Å². The molecule has 0 saturated carbocycles. The SMILES string of the molecule is CCS(=O)(=O)N1CCC=C(Br)C1. The first kappa shape index (κ1) is 10.2. The maximum atomic E-state index is 11.4. The van der Waals surface area contributed by atoms with Gasteiger partial charge < -0.3 is 0 Å². The zero-order chi connectivity index (χ0) is 9.19. The van der Waals surface area contributed by atoms with Gasteiger partial charge in [-0.2, -0.15) is 4.31 Å². The molecule has 0 aromatic rings. The second kappa shape index (κ2) is 3.89. The Kier molecular flexibility index (Phi) is 3.31. The van der Waals surface area contributed by atoms with Crippen molar-refractivity contribution in [3.63, 3.8) is 0 Å². The van der Waals surface area contributed by atoms with Crippen LogP contribution in [0, 0.1) is 0 Å². The van der Waals surface area contributed by atoms with E-state index in [4.69, 9.17) is 0 Å². The van der Waals surface area contributed by atoms with Gasteiger partial charge in [-0.1, -0.05) is 22.0 Å². The summed E-state index contributed by atoms with van der Waals surface area (Å²) in [6.07, 6.45) is 2.82. The molecule has 0 amide bonds. The average Bonchev–Trinajstić information content (AvgIpc) is 2.05. The molecule has 0 spiro atoms. The first-order valence-electron chi connectivity index (χ1n) is 3.88. The van der Waals surface area contributed by atoms with E-state index in [1.807, 2.05) is 6.08 Å². The fraction of sp³-hybridized carbons (Fsp3) is 0.714. The molecule has 0 N–H and O–H groups in total. The zero-order valence-corrected chi connectivity index (χ0v) is 9.36. The van der Waals surface area contributed by atoms with Crippen LogP contribution in [0.25, 0.3) is 0 Å². The van der Waals surface area contributed by atoms with E-state index in [0.717, 1.165) is 10.9 Å². The normalized spacial score (nSPS) is 20.7. The van der Waals surface area contributed by atoms with Gasteiger partial charge in [-0.25, -0.2) is 8.42 Å². The largest absolute Gasteiger partial charge is 0.214 e. The van der Waals surface area contributed by atoms with Crippen LogP contribution < -0.4 is 0 Å². The Bertz CT molecular complexity index is 284. The van der Waals surface area contributed by atoms with E-state index in [2.05, 4.69) is 15.9 Å². The lowest BCUT2D eigenvalue weighted by atomic mass is 10.3. The van der Waals surface area contributed by atoms with Crippen LogP contribution in [0.3, 0.4) is 0 Å². The molecule has 5 heteroatoms. The van der Waals surface area contributed by atoms with Crippen molar-refractivity contribution in [1.82, 2.24) is 4.31 Å². The number of sulfonamides is 1. The third-order valence-corrected chi connectivity index (χ3v) is 4.23. The van der Waals surface area contributed by atoms with E-state index in [1.54, 1.807) is 6.92 Å². The van der Waals surface area contributed by atoms with Crippen LogP contribution in [0.1, 0.15) is 13.3 Å². The lowest BCUT2D eigenvalue weighted by molar-refractivity contribution is 0.436. The van der Waals surface area contributed by atoms with Crippen LogP contribution >= 0.6 is 15.9 Å². The van der Waals surface area contributed by atoms with Crippen LogP contribution in [-0.4, -0.2) is 31.6 Å². The van der Waals surface area contributed by atoms with Crippen molar-refractivity contribution < 1.29 is 8.42 Å². The molecule has 0 bridgehead atoms. The maximum Gasteiger partial charge on any atom is 0.214 e. The average molecular weight is 254 g/mol. The van der Waals surface area contributed by atoms with Gasteiger partial charge in [0, 0.05) is 17.6 Å². The number of hydrogen-bond acceptors (Lipinski definition) is 2. The van der Waals surface area contributed by atoms with Crippen LogP contribution in [0.2, 0.25) is 0 Å². The first-order chi connectivity index (χ1) is 5.56.